The van der Waals surface area contributed by atoms with Gasteiger partial charge in [-0.3, -0.25) is 0 Å². The van der Waals surface area contributed by atoms with Crippen LogP contribution in [0.2, 0.25) is 5.15 Å². The quantitative estimate of drug-likeness (QED) is 0.849. The Bertz CT molecular complexity index is 392. The Kier molecular flexibility index (Phi) is 5.41. The molecule has 1 N–H and O–H groups in total. The summed E-state index contributed by atoms with van der Waals surface area (Å²) in [5.41, 5.74) is 0.652. The fourth-order valence-electron chi connectivity index (χ4n) is 1.62. The van der Waals surface area contributed by atoms with E-state index in [0.29, 0.717) is 23.3 Å². The summed E-state index contributed by atoms with van der Waals surface area (Å²) in [6, 6.07) is 3.47. The average Bonchev–Trinajstić information content (AvgIpc) is 2.32. The minimum Gasteiger partial charge on any atom is -0.322 e. The van der Waals surface area contributed by atoms with Crippen LogP contribution < -0.4 is 5.32 Å². The first kappa shape index (κ1) is 14.8. The van der Waals surface area contributed by atoms with Crippen LogP contribution in [0.3, 0.4) is 0 Å². The van der Waals surface area contributed by atoms with Gasteiger partial charge in [-0.25, -0.2) is 9.78 Å². The molecule has 1 atom stereocenters. The maximum absolute atomic E-state index is 12.1. The van der Waals surface area contributed by atoms with Crippen LogP contribution >= 0.6 is 11.6 Å². The van der Waals surface area contributed by atoms with E-state index in [9.17, 15) is 4.79 Å². The van der Waals surface area contributed by atoms with Crippen LogP contribution in [0.15, 0.2) is 18.3 Å². The third-order valence-corrected chi connectivity index (χ3v) is 3.26. The van der Waals surface area contributed by atoms with E-state index < -0.39 is 0 Å². The SMILES string of the molecule is CCN(C(=O)Nc1ccc(Cl)nc1)C(C)C(C)C. The second-order valence-electron chi connectivity index (χ2n) is 4.57. The second kappa shape index (κ2) is 6.59. The maximum Gasteiger partial charge on any atom is 0.322 e. The number of anilines is 1. The molecule has 18 heavy (non-hydrogen) atoms. The van der Waals surface area contributed by atoms with Crippen LogP contribution in [0.4, 0.5) is 10.5 Å². The van der Waals surface area contributed by atoms with Gasteiger partial charge in [0.15, 0.2) is 0 Å². The summed E-state index contributed by atoms with van der Waals surface area (Å²) in [4.78, 5) is 17.9. The third-order valence-electron chi connectivity index (χ3n) is 3.04. The molecule has 0 aromatic carbocycles. The van der Waals surface area contributed by atoms with Gasteiger partial charge >= 0.3 is 6.03 Å². The number of halogens is 1. The van der Waals surface area contributed by atoms with Crippen molar-refractivity contribution in [1.29, 1.82) is 0 Å². The minimum absolute atomic E-state index is 0.108. The van der Waals surface area contributed by atoms with Gasteiger partial charge in [0.25, 0.3) is 0 Å². The molecule has 0 saturated heterocycles. The van der Waals surface area contributed by atoms with Crippen molar-refractivity contribution in [2.45, 2.75) is 33.7 Å². The zero-order chi connectivity index (χ0) is 13.7. The molecule has 1 rings (SSSR count). The van der Waals surface area contributed by atoms with Gasteiger partial charge in [-0.05, 0) is 31.9 Å². The highest BCUT2D eigenvalue weighted by molar-refractivity contribution is 6.29. The molecule has 0 bridgehead atoms. The number of hydrogen-bond acceptors (Lipinski definition) is 2. The number of nitrogens with zero attached hydrogens (tertiary/aromatic N) is 2. The normalized spacial score (nSPS) is 12.3. The molecular weight excluding hydrogens is 250 g/mol. The Balaban J connectivity index is 2.71. The molecule has 1 unspecified atom stereocenters. The van der Waals surface area contributed by atoms with E-state index >= 15 is 0 Å². The predicted octanol–water partition coefficient (Wildman–Crippen LogP) is 3.63. The molecule has 0 saturated carbocycles. The standard InChI is InChI=1S/C13H20ClN3O/c1-5-17(10(4)9(2)3)13(18)16-11-6-7-12(14)15-8-11/h6-10H,5H2,1-4H3,(H,16,18). The lowest BCUT2D eigenvalue weighted by atomic mass is 10.1. The lowest BCUT2D eigenvalue weighted by molar-refractivity contribution is 0.179. The molecule has 4 nitrogen and oxygen atoms in total. The first-order chi connectivity index (χ1) is 8.45. The van der Waals surface area contributed by atoms with Crippen molar-refractivity contribution in [1.82, 2.24) is 9.88 Å². The van der Waals surface area contributed by atoms with Crippen molar-refractivity contribution in [3.63, 3.8) is 0 Å². The Labute approximate surface area is 113 Å². The molecule has 100 valence electrons. The van der Waals surface area contributed by atoms with E-state index in [1.165, 1.54) is 0 Å². The van der Waals surface area contributed by atoms with E-state index in [4.69, 9.17) is 11.6 Å². The van der Waals surface area contributed by atoms with Crippen LogP contribution in [-0.2, 0) is 0 Å². The molecule has 0 aliphatic heterocycles. The summed E-state index contributed by atoms with van der Waals surface area (Å²) < 4.78 is 0. The number of aromatic nitrogens is 1. The van der Waals surface area contributed by atoms with Crippen molar-refractivity contribution in [2.75, 3.05) is 11.9 Å². The number of carbonyl (C=O) groups is 1. The average molecular weight is 270 g/mol. The highest BCUT2D eigenvalue weighted by atomic mass is 35.5. The lowest BCUT2D eigenvalue weighted by Crippen LogP contribution is -2.43. The lowest BCUT2D eigenvalue weighted by Gasteiger charge is -2.30. The van der Waals surface area contributed by atoms with Gasteiger partial charge in [0, 0.05) is 12.6 Å². The van der Waals surface area contributed by atoms with Gasteiger partial charge in [-0.2, -0.15) is 0 Å². The molecule has 0 spiro atoms. The third kappa shape index (κ3) is 3.88. The smallest absolute Gasteiger partial charge is 0.322 e. The second-order valence-corrected chi connectivity index (χ2v) is 4.96. The van der Waals surface area contributed by atoms with Crippen LogP contribution in [0.5, 0.6) is 0 Å². The predicted molar refractivity (Wildman–Crippen MR) is 74.9 cm³/mol. The summed E-state index contributed by atoms with van der Waals surface area (Å²) in [6.45, 7) is 8.90. The topological polar surface area (TPSA) is 45.2 Å². The first-order valence-corrected chi connectivity index (χ1v) is 6.52. The molecule has 5 heteroatoms. The summed E-state index contributed by atoms with van der Waals surface area (Å²) in [7, 11) is 0. The fraction of sp³-hybridized carbons (Fsp3) is 0.538. The molecule has 1 aromatic heterocycles. The van der Waals surface area contributed by atoms with Crippen LogP contribution in [0, 0.1) is 5.92 Å². The van der Waals surface area contributed by atoms with Gasteiger partial charge in [0.05, 0.1) is 11.9 Å². The maximum atomic E-state index is 12.1. The first-order valence-electron chi connectivity index (χ1n) is 6.14. The van der Waals surface area contributed by atoms with E-state index in [0.717, 1.165) is 0 Å². The van der Waals surface area contributed by atoms with Gasteiger partial charge in [0.2, 0.25) is 0 Å². The number of pyridine rings is 1. The summed E-state index contributed by atoms with van der Waals surface area (Å²) >= 11 is 5.70. The van der Waals surface area contributed by atoms with Crippen molar-refractivity contribution < 1.29 is 4.79 Å². The zero-order valence-corrected chi connectivity index (χ0v) is 12.0. The molecule has 1 aromatic rings. The molecular formula is C13H20ClN3O. The number of hydrogen-bond donors (Lipinski definition) is 1. The Morgan fingerprint density at radius 2 is 2.11 bits per heavy atom. The summed E-state index contributed by atoms with van der Waals surface area (Å²) in [6.07, 6.45) is 1.55. The van der Waals surface area contributed by atoms with E-state index in [1.54, 1.807) is 23.2 Å². The Morgan fingerprint density at radius 3 is 2.56 bits per heavy atom. The minimum atomic E-state index is -0.108. The van der Waals surface area contributed by atoms with Crippen LogP contribution in [-0.4, -0.2) is 28.5 Å². The Morgan fingerprint density at radius 1 is 1.44 bits per heavy atom. The number of carbonyl (C=O) groups excluding carboxylic acids is 1. The van der Waals surface area contributed by atoms with Crippen molar-refractivity contribution >= 4 is 23.3 Å². The molecule has 0 radical (unpaired) electrons. The number of urea groups is 1. The van der Waals surface area contributed by atoms with Crippen molar-refractivity contribution in [2.24, 2.45) is 5.92 Å². The van der Waals surface area contributed by atoms with Crippen LogP contribution in [0.1, 0.15) is 27.7 Å². The summed E-state index contributed by atoms with van der Waals surface area (Å²) in [5.74, 6) is 0.416. The highest BCUT2D eigenvalue weighted by Gasteiger charge is 2.20. The van der Waals surface area contributed by atoms with Gasteiger partial charge in [-0.1, -0.05) is 25.4 Å². The molecule has 1 heterocycles. The number of rotatable bonds is 4. The van der Waals surface area contributed by atoms with Gasteiger partial charge in [0.1, 0.15) is 5.15 Å². The van der Waals surface area contributed by atoms with Gasteiger partial charge in [-0.15, -0.1) is 0 Å². The molecule has 0 aliphatic carbocycles. The van der Waals surface area contributed by atoms with E-state index in [2.05, 4.69) is 24.1 Å². The Hall–Kier alpha value is -1.29. The molecule has 0 fully saturated rings. The van der Waals surface area contributed by atoms with Crippen molar-refractivity contribution in [3.05, 3.63) is 23.5 Å². The summed E-state index contributed by atoms with van der Waals surface area (Å²) in [5, 5.41) is 3.23. The molecule has 0 aliphatic rings. The molecule has 2 amide bonds. The van der Waals surface area contributed by atoms with Crippen LogP contribution in [0.25, 0.3) is 0 Å². The number of nitrogens with one attached hydrogen (secondary N) is 1. The zero-order valence-electron chi connectivity index (χ0n) is 11.3. The van der Waals surface area contributed by atoms with E-state index in [-0.39, 0.29) is 12.1 Å². The largest absolute Gasteiger partial charge is 0.322 e. The van der Waals surface area contributed by atoms with Gasteiger partial charge < -0.3 is 10.2 Å². The highest BCUT2D eigenvalue weighted by Crippen LogP contribution is 2.14. The number of amides is 2. The fourth-order valence-corrected chi connectivity index (χ4v) is 1.73. The van der Waals surface area contributed by atoms with Crippen molar-refractivity contribution in [3.8, 4) is 0 Å². The van der Waals surface area contributed by atoms with E-state index in [1.807, 2.05) is 13.8 Å². The monoisotopic (exact) mass is 269 g/mol.